The summed E-state index contributed by atoms with van der Waals surface area (Å²) in [5, 5.41) is 10.1. The van der Waals surface area contributed by atoms with Crippen molar-refractivity contribution in [1.82, 2.24) is 0 Å². The van der Waals surface area contributed by atoms with Crippen LogP contribution in [0.2, 0.25) is 0 Å². The first kappa shape index (κ1) is 15.3. The van der Waals surface area contributed by atoms with Crippen LogP contribution in [0.5, 0.6) is 0 Å². The zero-order valence-electron chi connectivity index (χ0n) is 13.7. The van der Waals surface area contributed by atoms with Gasteiger partial charge in [-0.05, 0) is 28.0 Å². The minimum atomic E-state index is -0.468. The third-order valence-electron chi connectivity index (χ3n) is 5.78. The van der Waals surface area contributed by atoms with Crippen LogP contribution in [-0.4, -0.2) is 27.4 Å². The summed E-state index contributed by atoms with van der Waals surface area (Å²) >= 11 is 0. The molecule has 3 atom stereocenters. The second-order valence-corrected chi connectivity index (χ2v) is 6.90. The summed E-state index contributed by atoms with van der Waals surface area (Å²) in [6.45, 7) is 5.65. The molecule has 2 aliphatic carbocycles. The molecule has 0 saturated heterocycles. The van der Waals surface area contributed by atoms with E-state index in [9.17, 15) is 5.26 Å². The van der Waals surface area contributed by atoms with Crippen LogP contribution < -0.4 is 0 Å². The molecule has 0 amide bonds. The van der Waals surface area contributed by atoms with Gasteiger partial charge in [0.05, 0.1) is 24.7 Å². The lowest BCUT2D eigenvalue weighted by atomic mass is 9.36. The minimum Gasteiger partial charge on any atom is -0.384 e. The topological polar surface area (TPSA) is 42.2 Å². The maximum atomic E-state index is 10.1. The second kappa shape index (κ2) is 5.22. The van der Waals surface area contributed by atoms with Crippen molar-refractivity contribution in [1.29, 1.82) is 5.26 Å². The molecule has 3 rings (SSSR count). The Bertz CT molecular complexity index is 656. The highest BCUT2D eigenvalue weighted by Crippen LogP contribution is 2.68. The SMILES string of the molecule is COCC1=C[C@H]2[C@@H](COC)C(C)(C)[C@@]2(C#N)c2ccccc21. The Morgan fingerprint density at radius 1 is 1.18 bits per heavy atom. The van der Waals surface area contributed by atoms with Crippen LogP contribution in [-0.2, 0) is 14.9 Å². The van der Waals surface area contributed by atoms with Gasteiger partial charge in [0.2, 0.25) is 0 Å². The smallest absolute Gasteiger partial charge is 0.0948 e. The van der Waals surface area contributed by atoms with E-state index >= 15 is 0 Å². The third kappa shape index (κ3) is 1.68. The van der Waals surface area contributed by atoms with Crippen LogP contribution in [0.3, 0.4) is 0 Å². The Kier molecular flexibility index (Phi) is 3.63. The fourth-order valence-electron chi connectivity index (χ4n) is 4.61. The molecular weight excluding hydrogens is 274 g/mol. The molecule has 1 aromatic carbocycles. The third-order valence-corrected chi connectivity index (χ3v) is 5.78. The molecule has 22 heavy (non-hydrogen) atoms. The van der Waals surface area contributed by atoms with Crippen molar-refractivity contribution < 1.29 is 9.47 Å². The van der Waals surface area contributed by atoms with Crippen molar-refractivity contribution in [2.45, 2.75) is 19.3 Å². The van der Waals surface area contributed by atoms with E-state index in [2.05, 4.69) is 38.1 Å². The first-order valence-electron chi connectivity index (χ1n) is 7.74. The Morgan fingerprint density at radius 2 is 1.91 bits per heavy atom. The summed E-state index contributed by atoms with van der Waals surface area (Å²) in [5.41, 5.74) is 2.91. The Morgan fingerprint density at radius 3 is 2.55 bits per heavy atom. The number of nitriles is 1. The molecular formula is C19H23NO2. The van der Waals surface area contributed by atoms with Crippen molar-refractivity contribution in [3.8, 4) is 6.07 Å². The molecule has 3 heteroatoms. The van der Waals surface area contributed by atoms with Crippen molar-refractivity contribution in [3.05, 3.63) is 41.5 Å². The molecule has 0 heterocycles. The standard InChI is InChI=1S/C19H23NO2/c1-18(2)17(11-22-4)16-9-13(10-21-3)14-7-5-6-8-15(14)19(16,18)12-20/h5-9,16-17H,10-11H2,1-4H3/t16-,17+,19-/m0/s1. The van der Waals surface area contributed by atoms with Crippen LogP contribution >= 0.6 is 0 Å². The van der Waals surface area contributed by atoms with Gasteiger partial charge in [0.25, 0.3) is 0 Å². The molecule has 1 saturated carbocycles. The van der Waals surface area contributed by atoms with Crippen molar-refractivity contribution in [2.24, 2.45) is 17.3 Å². The quantitative estimate of drug-likeness (QED) is 0.855. The zero-order valence-corrected chi connectivity index (χ0v) is 13.7. The van der Waals surface area contributed by atoms with Crippen LogP contribution in [0.15, 0.2) is 30.3 Å². The summed E-state index contributed by atoms with van der Waals surface area (Å²) in [7, 11) is 3.45. The van der Waals surface area contributed by atoms with Gasteiger partial charge in [-0.2, -0.15) is 5.26 Å². The number of allylic oxidation sites excluding steroid dienone is 1. The van der Waals surface area contributed by atoms with Gasteiger partial charge in [0.1, 0.15) is 0 Å². The highest BCUT2D eigenvalue weighted by atomic mass is 16.5. The minimum absolute atomic E-state index is 0.117. The lowest BCUT2D eigenvalue weighted by Crippen LogP contribution is -2.66. The summed E-state index contributed by atoms with van der Waals surface area (Å²) in [5.74, 6) is 0.532. The average Bonchev–Trinajstić information content (AvgIpc) is 2.52. The molecule has 1 aromatic rings. The molecule has 0 bridgehead atoms. The van der Waals surface area contributed by atoms with E-state index in [1.807, 2.05) is 12.1 Å². The number of fused-ring (bicyclic) bond motifs is 3. The number of ether oxygens (including phenoxy) is 2. The van der Waals surface area contributed by atoms with E-state index in [1.54, 1.807) is 14.2 Å². The highest BCUT2D eigenvalue weighted by Gasteiger charge is 2.69. The zero-order chi connectivity index (χ0) is 16.0. The molecule has 0 N–H and O–H groups in total. The molecule has 2 aliphatic rings. The number of nitrogens with zero attached hydrogens (tertiary/aromatic N) is 1. The maximum Gasteiger partial charge on any atom is 0.0948 e. The van der Waals surface area contributed by atoms with E-state index in [1.165, 1.54) is 5.57 Å². The summed E-state index contributed by atoms with van der Waals surface area (Å²) in [4.78, 5) is 0. The van der Waals surface area contributed by atoms with Crippen LogP contribution in [0.4, 0.5) is 0 Å². The lowest BCUT2D eigenvalue weighted by Gasteiger charge is -2.65. The number of hydrogen-bond acceptors (Lipinski definition) is 3. The van der Waals surface area contributed by atoms with Crippen molar-refractivity contribution in [3.63, 3.8) is 0 Å². The number of methoxy groups -OCH3 is 2. The number of hydrogen-bond donors (Lipinski definition) is 0. The van der Waals surface area contributed by atoms with E-state index in [-0.39, 0.29) is 11.3 Å². The Hall–Kier alpha value is -1.63. The van der Waals surface area contributed by atoms with Crippen molar-refractivity contribution >= 4 is 5.57 Å². The predicted octanol–water partition coefficient (Wildman–Crippen LogP) is 3.41. The van der Waals surface area contributed by atoms with E-state index < -0.39 is 5.41 Å². The van der Waals surface area contributed by atoms with Gasteiger partial charge in [-0.15, -0.1) is 0 Å². The first-order valence-corrected chi connectivity index (χ1v) is 7.74. The molecule has 0 spiro atoms. The molecule has 0 aliphatic heterocycles. The van der Waals surface area contributed by atoms with Gasteiger partial charge in [0, 0.05) is 20.1 Å². The Labute approximate surface area is 132 Å². The summed E-state index contributed by atoms with van der Waals surface area (Å²) in [6, 6.07) is 11.0. The molecule has 0 unspecified atom stereocenters. The largest absolute Gasteiger partial charge is 0.384 e. The van der Waals surface area contributed by atoms with Gasteiger partial charge in [-0.25, -0.2) is 0 Å². The molecule has 3 nitrogen and oxygen atoms in total. The fraction of sp³-hybridized carbons (Fsp3) is 0.526. The number of benzene rings is 1. The van der Waals surface area contributed by atoms with E-state index in [4.69, 9.17) is 9.47 Å². The van der Waals surface area contributed by atoms with Gasteiger partial charge < -0.3 is 9.47 Å². The van der Waals surface area contributed by atoms with Crippen LogP contribution in [0, 0.1) is 28.6 Å². The number of rotatable bonds is 4. The first-order chi connectivity index (χ1) is 10.5. The van der Waals surface area contributed by atoms with E-state index in [0.29, 0.717) is 19.1 Å². The summed E-state index contributed by atoms with van der Waals surface area (Å²) in [6.07, 6.45) is 2.25. The highest BCUT2D eigenvalue weighted by molar-refractivity contribution is 5.76. The maximum absolute atomic E-state index is 10.1. The Balaban J connectivity index is 2.19. The average molecular weight is 297 g/mol. The molecule has 0 aromatic heterocycles. The lowest BCUT2D eigenvalue weighted by molar-refractivity contribution is -0.105. The van der Waals surface area contributed by atoms with Crippen molar-refractivity contribution in [2.75, 3.05) is 27.4 Å². The van der Waals surface area contributed by atoms with Gasteiger partial charge in [0.15, 0.2) is 0 Å². The molecule has 1 fully saturated rings. The predicted molar refractivity (Wildman–Crippen MR) is 86.2 cm³/mol. The molecule has 116 valence electrons. The fourth-order valence-corrected chi connectivity index (χ4v) is 4.61. The second-order valence-electron chi connectivity index (χ2n) is 6.90. The van der Waals surface area contributed by atoms with Crippen LogP contribution in [0.1, 0.15) is 25.0 Å². The summed E-state index contributed by atoms with van der Waals surface area (Å²) < 4.78 is 10.8. The molecule has 0 radical (unpaired) electrons. The normalized spacial score (nSPS) is 31.3. The monoisotopic (exact) mass is 297 g/mol. The van der Waals surface area contributed by atoms with Gasteiger partial charge in [-0.3, -0.25) is 0 Å². The van der Waals surface area contributed by atoms with Crippen LogP contribution in [0.25, 0.3) is 5.57 Å². The van der Waals surface area contributed by atoms with Gasteiger partial charge in [-0.1, -0.05) is 44.2 Å². The van der Waals surface area contributed by atoms with Gasteiger partial charge >= 0.3 is 0 Å². The van der Waals surface area contributed by atoms with E-state index in [0.717, 1.165) is 11.1 Å².